The topological polar surface area (TPSA) is 139 Å². The van der Waals surface area contributed by atoms with Crippen LogP contribution >= 0.6 is 11.8 Å². The van der Waals surface area contributed by atoms with E-state index in [4.69, 9.17) is 25.2 Å². The van der Waals surface area contributed by atoms with E-state index in [9.17, 15) is 18.4 Å². The van der Waals surface area contributed by atoms with Gasteiger partial charge in [0.15, 0.2) is 23.2 Å². The Labute approximate surface area is 202 Å². The second-order valence-electron chi connectivity index (χ2n) is 7.19. The lowest BCUT2D eigenvalue weighted by molar-refractivity contribution is -0.137. The van der Waals surface area contributed by atoms with Crippen LogP contribution in [-0.2, 0) is 11.4 Å². The van der Waals surface area contributed by atoms with Gasteiger partial charge in [0, 0.05) is 4.90 Å². The first-order valence-electron chi connectivity index (χ1n) is 10.0. The Kier molecular flexibility index (Phi) is 8.31. The summed E-state index contributed by atoms with van der Waals surface area (Å²) in [5.41, 5.74) is 6.61. The molecule has 0 fully saturated rings. The Balaban J connectivity index is 1.67. The third kappa shape index (κ3) is 6.51. The maximum Gasteiger partial charge on any atom is 0.323 e. The van der Waals surface area contributed by atoms with Crippen molar-refractivity contribution in [3.05, 3.63) is 71.7 Å². The molecule has 0 spiro atoms. The molecule has 0 aliphatic rings. The van der Waals surface area contributed by atoms with Crippen LogP contribution in [0.3, 0.4) is 0 Å². The van der Waals surface area contributed by atoms with Crippen LogP contribution in [0.15, 0.2) is 63.0 Å². The number of oxime groups is 1. The minimum Gasteiger partial charge on any atom is -0.486 e. The molecule has 9 nitrogen and oxygen atoms in total. The van der Waals surface area contributed by atoms with Crippen molar-refractivity contribution in [2.24, 2.45) is 10.9 Å². The first-order chi connectivity index (χ1) is 16.7. The van der Waals surface area contributed by atoms with Crippen LogP contribution in [0.2, 0.25) is 0 Å². The second-order valence-corrected chi connectivity index (χ2v) is 8.04. The fraction of sp³-hybridized carbons (Fsp3) is 0.174. The highest BCUT2D eigenvalue weighted by Crippen LogP contribution is 2.33. The third-order valence-electron chi connectivity index (χ3n) is 4.76. The molecule has 3 rings (SSSR count). The van der Waals surface area contributed by atoms with Crippen LogP contribution in [0.1, 0.15) is 16.3 Å². The highest BCUT2D eigenvalue weighted by molar-refractivity contribution is 7.98. The van der Waals surface area contributed by atoms with Gasteiger partial charge >= 0.3 is 5.97 Å². The first-order valence-corrected chi connectivity index (χ1v) is 11.3. The molecule has 0 radical (unpaired) electrons. The summed E-state index contributed by atoms with van der Waals surface area (Å²) in [6, 6.07) is 11.9. The van der Waals surface area contributed by atoms with Crippen LogP contribution < -0.4 is 10.5 Å². The third-order valence-corrected chi connectivity index (χ3v) is 5.53. The molecule has 35 heavy (non-hydrogen) atoms. The molecule has 0 atom stereocenters. The molecule has 0 aliphatic heterocycles. The number of halogens is 2. The first kappa shape index (κ1) is 25.6. The average Bonchev–Trinajstić information content (AvgIpc) is 3.32. The summed E-state index contributed by atoms with van der Waals surface area (Å²) in [6.07, 6.45) is 1.77. The summed E-state index contributed by atoms with van der Waals surface area (Å²) in [5.74, 6) is -3.62. The number of carboxylic acids is 1. The molecular weight excluding hydrogens is 484 g/mol. The van der Waals surface area contributed by atoms with E-state index in [-0.39, 0.29) is 18.2 Å². The predicted octanol–water partition coefficient (Wildman–Crippen LogP) is 3.80. The highest BCUT2D eigenvalue weighted by atomic mass is 32.2. The predicted molar refractivity (Wildman–Crippen MR) is 124 cm³/mol. The van der Waals surface area contributed by atoms with E-state index in [2.05, 4.69) is 5.16 Å². The fourth-order valence-electron chi connectivity index (χ4n) is 3.12. The van der Waals surface area contributed by atoms with Gasteiger partial charge in [-0.2, -0.15) is 0 Å². The molecule has 4 N–H and O–H groups in total. The van der Waals surface area contributed by atoms with E-state index in [1.807, 2.05) is 0 Å². The summed E-state index contributed by atoms with van der Waals surface area (Å²) in [5, 5.41) is 20.4. The summed E-state index contributed by atoms with van der Waals surface area (Å²) in [4.78, 5) is 25.1. The zero-order chi connectivity index (χ0) is 25.5. The summed E-state index contributed by atoms with van der Waals surface area (Å²) < 4.78 is 38.4. The number of aliphatic carboxylic acids is 1. The number of nitrogens with two attached hydrogens (primary N) is 1. The van der Waals surface area contributed by atoms with Gasteiger partial charge in [-0.15, -0.1) is 11.8 Å². The van der Waals surface area contributed by atoms with Crippen molar-refractivity contribution >= 4 is 29.5 Å². The van der Waals surface area contributed by atoms with Gasteiger partial charge < -0.3 is 30.1 Å². The van der Waals surface area contributed by atoms with E-state index in [0.29, 0.717) is 27.5 Å². The molecule has 184 valence electrons. The van der Waals surface area contributed by atoms with Gasteiger partial charge in [-0.05, 0) is 53.8 Å². The van der Waals surface area contributed by atoms with Crippen LogP contribution in [-0.4, -0.2) is 52.3 Å². The molecule has 0 unspecified atom stereocenters. The van der Waals surface area contributed by atoms with Gasteiger partial charge in [-0.3, -0.25) is 9.59 Å². The molecule has 0 saturated carbocycles. The van der Waals surface area contributed by atoms with Gasteiger partial charge in [0.2, 0.25) is 0 Å². The van der Waals surface area contributed by atoms with Gasteiger partial charge in [0.1, 0.15) is 24.7 Å². The Hall–Kier alpha value is -4.06. The summed E-state index contributed by atoms with van der Waals surface area (Å²) in [6.45, 7) is -1.12. The van der Waals surface area contributed by atoms with Crippen LogP contribution in [0.4, 0.5) is 8.78 Å². The van der Waals surface area contributed by atoms with Crippen LogP contribution in [0, 0.1) is 11.6 Å². The zero-order valence-electron chi connectivity index (χ0n) is 18.4. The monoisotopic (exact) mass is 505 g/mol. The molecule has 2 aromatic carbocycles. The van der Waals surface area contributed by atoms with Crippen molar-refractivity contribution in [3.8, 4) is 16.9 Å². The SMILES string of the molecule is CSc1cc(F)c(F)cc1-c1ccc(OCc2ccc(C(=O)N(CC(=O)O)C/C(N)=N/O)o2)cc1. The largest absolute Gasteiger partial charge is 0.486 e. The van der Waals surface area contributed by atoms with Gasteiger partial charge in [-0.25, -0.2) is 8.78 Å². The van der Waals surface area contributed by atoms with Crippen molar-refractivity contribution in [1.82, 2.24) is 4.90 Å². The number of rotatable bonds is 10. The van der Waals surface area contributed by atoms with E-state index in [0.717, 1.165) is 17.0 Å². The Morgan fingerprint density at radius 3 is 2.43 bits per heavy atom. The number of nitrogens with zero attached hydrogens (tertiary/aromatic N) is 2. The van der Waals surface area contributed by atoms with Crippen molar-refractivity contribution in [2.75, 3.05) is 19.3 Å². The van der Waals surface area contributed by atoms with E-state index in [1.54, 1.807) is 30.5 Å². The van der Waals surface area contributed by atoms with E-state index < -0.39 is 36.6 Å². The fourth-order valence-corrected chi connectivity index (χ4v) is 3.74. The summed E-state index contributed by atoms with van der Waals surface area (Å²) >= 11 is 1.30. The van der Waals surface area contributed by atoms with Crippen LogP contribution in [0.25, 0.3) is 11.1 Å². The van der Waals surface area contributed by atoms with Gasteiger partial charge in [0.05, 0.1) is 6.54 Å². The lowest BCUT2D eigenvalue weighted by Gasteiger charge is -2.18. The van der Waals surface area contributed by atoms with Gasteiger partial charge in [-0.1, -0.05) is 17.3 Å². The molecule has 0 saturated heterocycles. The quantitative estimate of drug-likeness (QED) is 0.124. The van der Waals surface area contributed by atoms with Crippen molar-refractivity contribution < 1.29 is 37.8 Å². The Morgan fingerprint density at radius 1 is 1.11 bits per heavy atom. The second kappa shape index (κ2) is 11.4. The number of carbonyl (C=O) groups is 2. The number of benzene rings is 2. The van der Waals surface area contributed by atoms with Crippen molar-refractivity contribution in [2.45, 2.75) is 11.5 Å². The average molecular weight is 505 g/mol. The highest BCUT2D eigenvalue weighted by Gasteiger charge is 2.23. The lowest BCUT2D eigenvalue weighted by Crippen LogP contribution is -2.41. The van der Waals surface area contributed by atoms with E-state index in [1.165, 1.54) is 23.9 Å². The molecule has 0 aliphatic carbocycles. The number of amidine groups is 1. The molecular formula is C23H21F2N3O6S. The summed E-state index contributed by atoms with van der Waals surface area (Å²) in [7, 11) is 0. The maximum absolute atomic E-state index is 13.7. The van der Waals surface area contributed by atoms with Crippen LogP contribution in [0.5, 0.6) is 5.75 Å². The number of carbonyl (C=O) groups excluding carboxylic acids is 1. The number of hydrogen-bond acceptors (Lipinski definition) is 7. The number of carboxylic acid groups (broad SMARTS) is 1. The zero-order valence-corrected chi connectivity index (χ0v) is 19.2. The standard InChI is InChI=1S/C23H21F2N3O6S/c1-35-20-9-18(25)17(24)8-16(20)13-2-4-14(5-3-13)33-12-15-6-7-19(34-15)23(31)28(11-22(29)30)10-21(26)27-32/h2-9,32H,10-12H2,1H3,(H2,26,27)(H,29,30). The lowest BCUT2D eigenvalue weighted by atomic mass is 10.1. The molecule has 12 heteroatoms. The number of hydrogen-bond donors (Lipinski definition) is 3. The smallest absolute Gasteiger partial charge is 0.323 e. The van der Waals surface area contributed by atoms with Gasteiger partial charge in [0.25, 0.3) is 5.91 Å². The number of furan rings is 1. The molecule has 1 aromatic heterocycles. The van der Waals surface area contributed by atoms with E-state index >= 15 is 0 Å². The van der Waals surface area contributed by atoms with Crippen molar-refractivity contribution in [3.63, 3.8) is 0 Å². The molecule has 1 heterocycles. The molecule has 0 bridgehead atoms. The minimum absolute atomic E-state index is 0.0347. The normalized spacial score (nSPS) is 11.3. The maximum atomic E-state index is 13.7. The molecule has 3 aromatic rings. The molecule has 1 amide bonds. The Bertz CT molecular complexity index is 1250. The number of ether oxygens (including phenoxy) is 1. The number of amides is 1. The minimum atomic E-state index is -1.28. The Morgan fingerprint density at radius 2 is 1.80 bits per heavy atom. The van der Waals surface area contributed by atoms with Crippen molar-refractivity contribution in [1.29, 1.82) is 0 Å². The number of thioether (sulfide) groups is 1.